The quantitative estimate of drug-likeness (QED) is 0.285. The number of hydrogen-bond acceptors (Lipinski definition) is 6. The zero-order chi connectivity index (χ0) is 23.3. The van der Waals surface area contributed by atoms with Crippen LogP contribution < -0.4 is 11.2 Å². The molecule has 1 unspecified atom stereocenters. The third-order valence-electron chi connectivity index (χ3n) is 4.74. The molecule has 32 heavy (non-hydrogen) atoms. The maximum atomic E-state index is 14.6. The highest BCUT2D eigenvalue weighted by atomic mass is 32.2. The first kappa shape index (κ1) is 23.5. The number of amidine groups is 1. The molecule has 1 aliphatic heterocycles. The summed E-state index contributed by atoms with van der Waals surface area (Å²) in [5.74, 6) is -0.901. The summed E-state index contributed by atoms with van der Waals surface area (Å²) in [5, 5.41) is 10.8. The summed E-state index contributed by atoms with van der Waals surface area (Å²) < 4.78 is 28.5. The largest absolute Gasteiger partial charge is 0.386 e. The maximum absolute atomic E-state index is 14.6. The van der Waals surface area contributed by atoms with Crippen molar-refractivity contribution >= 4 is 28.7 Å². The van der Waals surface area contributed by atoms with Gasteiger partial charge in [0.1, 0.15) is 27.4 Å². The van der Waals surface area contributed by atoms with Gasteiger partial charge in [-0.05, 0) is 30.7 Å². The molecule has 1 aliphatic rings. The third kappa shape index (κ3) is 4.83. The first-order chi connectivity index (χ1) is 15.3. The van der Waals surface area contributed by atoms with Crippen molar-refractivity contribution in [1.29, 1.82) is 0 Å². The number of benzene rings is 2. The van der Waals surface area contributed by atoms with Crippen LogP contribution in [0, 0.1) is 11.6 Å². The van der Waals surface area contributed by atoms with Crippen LogP contribution in [0.2, 0.25) is 0 Å². The minimum atomic E-state index is -1.08. The molecule has 1 atom stereocenters. The molecule has 0 aromatic heterocycles. The van der Waals surface area contributed by atoms with Crippen LogP contribution in [0.5, 0.6) is 0 Å². The fourth-order valence-corrected chi connectivity index (χ4v) is 4.53. The van der Waals surface area contributed by atoms with E-state index in [1.807, 2.05) is 30.3 Å². The number of nitrogens with one attached hydrogen (secondary N) is 1. The van der Waals surface area contributed by atoms with Crippen molar-refractivity contribution in [2.75, 3.05) is 20.7 Å². The van der Waals surface area contributed by atoms with E-state index in [2.05, 4.69) is 15.6 Å². The first-order valence-corrected chi connectivity index (χ1v) is 10.5. The Kier molecular flexibility index (Phi) is 7.31. The molecule has 2 aromatic carbocycles. The number of carbonyl (C=O) groups excluding carboxylic acids is 1. The van der Waals surface area contributed by atoms with Crippen LogP contribution in [-0.2, 0) is 9.71 Å². The molecule has 0 saturated carbocycles. The number of amides is 2. The van der Waals surface area contributed by atoms with Crippen molar-refractivity contribution in [3.05, 3.63) is 71.3 Å². The van der Waals surface area contributed by atoms with Gasteiger partial charge >= 0.3 is 6.03 Å². The molecule has 0 spiro atoms. The van der Waals surface area contributed by atoms with E-state index in [9.17, 15) is 13.6 Å². The van der Waals surface area contributed by atoms with Gasteiger partial charge in [-0.2, -0.15) is 15.2 Å². The number of halogens is 2. The molecular weight excluding hydrogens is 438 g/mol. The Labute approximate surface area is 189 Å². The van der Waals surface area contributed by atoms with Crippen molar-refractivity contribution < 1.29 is 18.4 Å². The number of nitrogens with zero attached hydrogens (tertiary/aromatic N) is 4. The molecule has 0 fully saturated rings. The molecule has 3 rings (SSSR count). The van der Waals surface area contributed by atoms with Gasteiger partial charge in [0.2, 0.25) is 0 Å². The summed E-state index contributed by atoms with van der Waals surface area (Å²) in [5.41, 5.74) is 9.16. The lowest BCUT2D eigenvalue weighted by Gasteiger charge is -2.37. The molecule has 0 saturated heterocycles. The van der Waals surface area contributed by atoms with Crippen LogP contribution in [-0.4, -0.2) is 47.7 Å². The minimum absolute atomic E-state index is 0.0329. The van der Waals surface area contributed by atoms with E-state index < -0.39 is 22.5 Å². The average molecular weight is 463 g/mol. The smallest absolute Gasteiger partial charge is 0.365 e. The van der Waals surface area contributed by atoms with Crippen LogP contribution in [0.1, 0.15) is 24.5 Å². The highest BCUT2D eigenvalue weighted by molar-refractivity contribution is 8.15. The second kappa shape index (κ2) is 9.96. The Morgan fingerprint density at radius 1 is 1.31 bits per heavy atom. The number of carbonyl (C=O) groups is 1. The van der Waals surface area contributed by atoms with Crippen LogP contribution in [0.4, 0.5) is 13.6 Å². The molecule has 11 heteroatoms. The highest BCUT2D eigenvalue weighted by Crippen LogP contribution is 2.50. The standard InChI is InChI=1S/C21H24F2N6O2S/c1-14(24)26-25-12-11-21(15-7-5-4-6-8-15)29(20(30)28(2)31-3)27-19(32-21)17-13-16(22)9-10-18(17)23/h4-10,13,25H,11-12H2,1-3H3,(H2,24,26). The van der Waals surface area contributed by atoms with Gasteiger partial charge in [0.05, 0.1) is 7.11 Å². The molecule has 1 heterocycles. The molecule has 2 aromatic rings. The van der Waals surface area contributed by atoms with Gasteiger partial charge < -0.3 is 11.2 Å². The van der Waals surface area contributed by atoms with Gasteiger partial charge in [0, 0.05) is 25.6 Å². The number of nitrogens with two attached hydrogens (primary N) is 1. The van der Waals surface area contributed by atoms with E-state index in [1.165, 1.54) is 19.2 Å². The van der Waals surface area contributed by atoms with Crippen molar-refractivity contribution in [2.24, 2.45) is 15.9 Å². The third-order valence-corrected chi connectivity index (χ3v) is 6.18. The predicted molar refractivity (Wildman–Crippen MR) is 121 cm³/mol. The van der Waals surface area contributed by atoms with Gasteiger partial charge in [0.15, 0.2) is 0 Å². The van der Waals surface area contributed by atoms with Crippen molar-refractivity contribution in [1.82, 2.24) is 15.5 Å². The van der Waals surface area contributed by atoms with E-state index in [-0.39, 0.29) is 10.6 Å². The Morgan fingerprint density at radius 2 is 2.03 bits per heavy atom. The molecule has 8 nitrogen and oxygen atoms in total. The molecule has 0 bridgehead atoms. The molecule has 0 radical (unpaired) electrons. The van der Waals surface area contributed by atoms with Gasteiger partial charge in [-0.1, -0.05) is 42.1 Å². The fraction of sp³-hybridized carbons (Fsp3) is 0.286. The normalized spacial score (nSPS) is 18.5. The number of thioether (sulfide) groups is 1. The number of hydrazone groups is 2. The van der Waals surface area contributed by atoms with Crippen molar-refractivity contribution in [2.45, 2.75) is 18.2 Å². The van der Waals surface area contributed by atoms with Crippen molar-refractivity contribution in [3.8, 4) is 0 Å². The SMILES string of the molecule is CON(C)C(=O)N1N=C(c2cc(F)ccc2F)SC1(CCN/N=C(/C)N)c1ccccc1. The van der Waals surface area contributed by atoms with Crippen LogP contribution >= 0.6 is 11.8 Å². The van der Waals surface area contributed by atoms with E-state index in [0.717, 1.165) is 40.6 Å². The van der Waals surface area contributed by atoms with Crippen molar-refractivity contribution in [3.63, 3.8) is 0 Å². The Morgan fingerprint density at radius 3 is 2.69 bits per heavy atom. The molecule has 170 valence electrons. The number of hydrogen-bond donors (Lipinski definition) is 2. The number of hydroxylamine groups is 2. The Bertz CT molecular complexity index is 1030. The van der Waals surface area contributed by atoms with Crippen LogP contribution in [0.3, 0.4) is 0 Å². The fourth-order valence-electron chi connectivity index (χ4n) is 3.16. The van der Waals surface area contributed by atoms with E-state index >= 15 is 0 Å². The summed E-state index contributed by atoms with van der Waals surface area (Å²) in [4.78, 5) is 17.2. The lowest BCUT2D eigenvalue weighted by Crippen LogP contribution is -2.47. The lowest BCUT2D eigenvalue weighted by molar-refractivity contribution is -0.0804. The lowest BCUT2D eigenvalue weighted by atomic mass is 10.0. The van der Waals surface area contributed by atoms with Gasteiger partial charge in [-0.25, -0.2) is 18.6 Å². The zero-order valence-electron chi connectivity index (χ0n) is 17.9. The summed E-state index contributed by atoms with van der Waals surface area (Å²) in [6.07, 6.45) is 0.325. The average Bonchev–Trinajstić information content (AvgIpc) is 3.18. The van der Waals surface area contributed by atoms with E-state index in [1.54, 1.807) is 6.92 Å². The maximum Gasteiger partial charge on any atom is 0.365 e. The second-order valence-corrected chi connectivity index (χ2v) is 8.23. The van der Waals surface area contributed by atoms with E-state index in [4.69, 9.17) is 10.6 Å². The summed E-state index contributed by atoms with van der Waals surface area (Å²) in [6, 6.07) is 11.7. The first-order valence-electron chi connectivity index (χ1n) is 9.71. The van der Waals surface area contributed by atoms with Crippen LogP contribution in [0.25, 0.3) is 0 Å². The van der Waals surface area contributed by atoms with Crippen LogP contribution in [0.15, 0.2) is 58.7 Å². The molecule has 2 amide bonds. The summed E-state index contributed by atoms with van der Waals surface area (Å²) in [7, 11) is 2.79. The van der Waals surface area contributed by atoms with Gasteiger partial charge in [-0.15, -0.1) is 0 Å². The monoisotopic (exact) mass is 462 g/mol. The molecular formula is C21H24F2N6O2S. The summed E-state index contributed by atoms with van der Waals surface area (Å²) >= 11 is 1.16. The minimum Gasteiger partial charge on any atom is -0.386 e. The van der Waals surface area contributed by atoms with E-state index in [0.29, 0.717) is 18.8 Å². The molecule has 0 aliphatic carbocycles. The summed E-state index contributed by atoms with van der Waals surface area (Å²) in [6.45, 7) is 1.97. The second-order valence-electron chi connectivity index (χ2n) is 6.97. The van der Waals surface area contributed by atoms with Gasteiger partial charge in [0.25, 0.3) is 0 Å². The Balaban J connectivity index is 2.10. The van der Waals surface area contributed by atoms with Gasteiger partial charge in [-0.3, -0.25) is 4.84 Å². The number of urea groups is 1. The highest BCUT2D eigenvalue weighted by Gasteiger charge is 2.49. The topological polar surface area (TPSA) is 95.5 Å². The molecule has 3 N–H and O–H groups in total. The number of rotatable bonds is 7. The zero-order valence-corrected chi connectivity index (χ0v) is 18.7. The Hall–Kier alpha value is -3.18. The predicted octanol–water partition coefficient (Wildman–Crippen LogP) is 3.41.